The van der Waals surface area contributed by atoms with Gasteiger partial charge in [-0.25, -0.2) is 4.68 Å². The lowest BCUT2D eigenvalue weighted by atomic mass is 10.2. The SMILES string of the molecule is O=C(NCc1nnc(-c2ccccc2)s1)c1cn(C2C[C@@H](O)[C@@H](O)C2)nn1. The number of rotatable bonds is 5. The zero-order valence-electron chi connectivity index (χ0n) is 14.3. The highest BCUT2D eigenvalue weighted by Crippen LogP contribution is 2.29. The predicted octanol–water partition coefficient (Wildman–Crippen LogP) is 0.783. The normalized spacial score (nSPS) is 22.1. The number of nitrogens with zero attached hydrogens (tertiary/aromatic N) is 5. The molecule has 2 aromatic heterocycles. The summed E-state index contributed by atoms with van der Waals surface area (Å²) in [7, 11) is 0. The van der Waals surface area contributed by atoms with Gasteiger partial charge >= 0.3 is 0 Å². The van der Waals surface area contributed by atoms with Crippen molar-refractivity contribution in [1.82, 2.24) is 30.5 Å². The van der Waals surface area contributed by atoms with Crippen LogP contribution >= 0.6 is 11.3 Å². The number of benzene rings is 1. The van der Waals surface area contributed by atoms with Gasteiger partial charge in [0.25, 0.3) is 5.91 Å². The van der Waals surface area contributed by atoms with Gasteiger partial charge in [-0.15, -0.1) is 15.3 Å². The molecule has 3 atom stereocenters. The van der Waals surface area contributed by atoms with E-state index in [1.807, 2.05) is 30.3 Å². The highest BCUT2D eigenvalue weighted by molar-refractivity contribution is 7.14. The Kier molecular flexibility index (Phi) is 4.92. The number of aliphatic hydroxyl groups is 2. The van der Waals surface area contributed by atoms with Crippen molar-refractivity contribution in [3.63, 3.8) is 0 Å². The van der Waals surface area contributed by atoms with Crippen LogP contribution in [0.1, 0.15) is 34.4 Å². The van der Waals surface area contributed by atoms with Crippen molar-refractivity contribution in [2.45, 2.75) is 37.6 Å². The largest absolute Gasteiger partial charge is 0.390 e. The van der Waals surface area contributed by atoms with Crippen molar-refractivity contribution in [1.29, 1.82) is 0 Å². The Hall–Kier alpha value is -2.69. The molecule has 1 aliphatic rings. The number of amides is 1. The van der Waals surface area contributed by atoms with Crippen molar-refractivity contribution in [2.24, 2.45) is 0 Å². The van der Waals surface area contributed by atoms with Gasteiger partial charge in [0.05, 0.1) is 31.0 Å². The Labute approximate surface area is 158 Å². The summed E-state index contributed by atoms with van der Waals surface area (Å²) in [6.07, 6.45) is 0.762. The number of hydrogen-bond acceptors (Lipinski definition) is 8. The van der Waals surface area contributed by atoms with E-state index >= 15 is 0 Å². The van der Waals surface area contributed by atoms with Gasteiger partial charge < -0.3 is 15.5 Å². The summed E-state index contributed by atoms with van der Waals surface area (Å²) < 4.78 is 1.52. The van der Waals surface area contributed by atoms with E-state index in [9.17, 15) is 15.0 Å². The maximum absolute atomic E-state index is 12.3. The van der Waals surface area contributed by atoms with Gasteiger partial charge in [-0.2, -0.15) is 0 Å². The quantitative estimate of drug-likeness (QED) is 0.591. The van der Waals surface area contributed by atoms with Crippen LogP contribution in [0, 0.1) is 0 Å². The number of carbonyl (C=O) groups excluding carboxylic acids is 1. The first-order valence-electron chi connectivity index (χ1n) is 8.54. The lowest BCUT2D eigenvalue weighted by Gasteiger charge is -2.07. The third-order valence-electron chi connectivity index (χ3n) is 4.48. The van der Waals surface area contributed by atoms with E-state index in [2.05, 4.69) is 25.8 Å². The van der Waals surface area contributed by atoms with Crippen LogP contribution in [0.4, 0.5) is 0 Å². The number of aliphatic hydroxyl groups excluding tert-OH is 2. The molecule has 1 unspecified atom stereocenters. The van der Waals surface area contributed by atoms with E-state index in [1.54, 1.807) is 0 Å². The molecule has 27 heavy (non-hydrogen) atoms. The third-order valence-corrected chi connectivity index (χ3v) is 5.45. The van der Waals surface area contributed by atoms with E-state index in [4.69, 9.17) is 0 Å². The second-order valence-corrected chi connectivity index (χ2v) is 7.46. The molecule has 4 rings (SSSR count). The molecule has 0 aliphatic heterocycles. The molecule has 2 heterocycles. The van der Waals surface area contributed by atoms with Crippen molar-refractivity contribution in [3.8, 4) is 10.6 Å². The van der Waals surface area contributed by atoms with E-state index in [0.29, 0.717) is 17.8 Å². The highest BCUT2D eigenvalue weighted by Gasteiger charge is 2.33. The Bertz CT molecular complexity index is 918. The fourth-order valence-corrected chi connectivity index (χ4v) is 3.80. The van der Waals surface area contributed by atoms with Crippen LogP contribution in [-0.4, -0.2) is 53.5 Å². The van der Waals surface area contributed by atoms with Gasteiger partial charge in [0.15, 0.2) is 5.69 Å². The highest BCUT2D eigenvalue weighted by atomic mass is 32.1. The second kappa shape index (κ2) is 7.51. The first-order valence-corrected chi connectivity index (χ1v) is 9.36. The average molecular weight is 386 g/mol. The van der Waals surface area contributed by atoms with Gasteiger partial charge in [0, 0.05) is 5.56 Å². The van der Waals surface area contributed by atoms with Crippen molar-refractivity contribution < 1.29 is 15.0 Å². The molecule has 10 heteroatoms. The summed E-state index contributed by atoms with van der Waals surface area (Å²) in [5, 5.41) is 39.6. The summed E-state index contributed by atoms with van der Waals surface area (Å²) in [6, 6.07) is 9.55. The van der Waals surface area contributed by atoms with Crippen LogP contribution in [0.2, 0.25) is 0 Å². The monoisotopic (exact) mass is 386 g/mol. The molecule has 1 amide bonds. The lowest BCUT2D eigenvalue weighted by Crippen LogP contribution is -2.23. The molecule has 3 aromatic rings. The standard InChI is InChI=1S/C17H18N6O3S/c24-13-6-11(7-14(13)25)23-9-12(19-22-23)16(26)18-8-15-20-21-17(27-15)10-4-2-1-3-5-10/h1-5,9,11,13-14,24-25H,6-8H2,(H,18,26)/t11?,13-,14+. The van der Waals surface area contributed by atoms with Crippen LogP contribution in [0.25, 0.3) is 10.6 Å². The number of aromatic nitrogens is 5. The minimum atomic E-state index is -0.771. The molecule has 140 valence electrons. The first-order chi connectivity index (χ1) is 13.1. The Balaban J connectivity index is 1.36. The first kappa shape index (κ1) is 17.7. The topological polar surface area (TPSA) is 126 Å². The zero-order chi connectivity index (χ0) is 18.8. The lowest BCUT2D eigenvalue weighted by molar-refractivity contribution is 0.0438. The summed E-state index contributed by atoms with van der Waals surface area (Å²) in [5.41, 5.74) is 1.16. The second-order valence-electron chi connectivity index (χ2n) is 6.39. The fourth-order valence-electron chi connectivity index (χ4n) is 3.01. The molecule has 1 aromatic carbocycles. The van der Waals surface area contributed by atoms with E-state index < -0.39 is 12.2 Å². The minimum Gasteiger partial charge on any atom is -0.390 e. The van der Waals surface area contributed by atoms with E-state index in [-0.39, 0.29) is 24.2 Å². The Morgan fingerprint density at radius 1 is 1.15 bits per heavy atom. The maximum Gasteiger partial charge on any atom is 0.273 e. The minimum absolute atomic E-state index is 0.166. The van der Waals surface area contributed by atoms with Crippen LogP contribution in [-0.2, 0) is 6.54 Å². The van der Waals surface area contributed by atoms with Crippen LogP contribution in [0.5, 0.6) is 0 Å². The molecule has 1 aliphatic carbocycles. The van der Waals surface area contributed by atoms with Gasteiger partial charge in [-0.3, -0.25) is 4.79 Å². The van der Waals surface area contributed by atoms with Crippen molar-refractivity contribution in [2.75, 3.05) is 0 Å². The van der Waals surface area contributed by atoms with Crippen molar-refractivity contribution in [3.05, 3.63) is 47.2 Å². The summed E-state index contributed by atoms with van der Waals surface area (Å²) in [6.45, 7) is 0.247. The Morgan fingerprint density at radius 2 is 1.89 bits per heavy atom. The molecule has 0 saturated heterocycles. The number of hydrogen-bond donors (Lipinski definition) is 3. The van der Waals surface area contributed by atoms with Crippen molar-refractivity contribution >= 4 is 17.2 Å². The fraction of sp³-hybridized carbons (Fsp3) is 0.353. The smallest absolute Gasteiger partial charge is 0.273 e. The molecular formula is C17H18N6O3S. The van der Waals surface area contributed by atoms with E-state index in [0.717, 1.165) is 10.6 Å². The molecule has 3 N–H and O–H groups in total. The molecular weight excluding hydrogens is 368 g/mol. The van der Waals surface area contributed by atoms with E-state index in [1.165, 1.54) is 22.2 Å². The van der Waals surface area contributed by atoms with Gasteiger partial charge in [0.1, 0.15) is 10.0 Å². The molecule has 0 spiro atoms. The van der Waals surface area contributed by atoms with Crippen LogP contribution in [0.15, 0.2) is 36.5 Å². The number of carbonyl (C=O) groups is 1. The summed E-state index contributed by atoms with van der Waals surface area (Å²) in [5.74, 6) is -0.364. The predicted molar refractivity (Wildman–Crippen MR) is 96.8 cm³/mol. The molecule has 0 radical (unpaired) electrons. The maximum atomic E-state index is 12.3. The zero-order valence-corrected chi connectivity index (χ0v) is 15.1. The van der Waals surface area contributed by atoms with Gasteiger partial charge in [-0.05, 0) is 12.8 Å². The molecule has 1 fully saturated rings. The van der Waals surface area contributed by atoms with Gasteiger partial charge in [0.2, 0.25) is 0 Å². The Morgan fingerprint density at radius 3 is 2.63 bits per heavy atom. The molecule has 1 saturated carbocycles. The van der Waals surface area contributed by atoms with Crippen LogP contribution in [0.3, 0.4) is 0 Å². The molecule has 9 nitrogen and oxygen atoms in total. The summed E-state index contributed by atoms with van der Waals surface area (Å²) >= 11 is 1.42. The van der Waals surface area contributed by atoms with Crippen LogP contribution < -0.4 is 5.32 Å². The summed E-state index contributed by atoms with van der Waals surface area (Å²) in [4.78, 5) is 12.3. The third kappa shape index (κ3) is 3.87. The average Bonchev–Trinajstić information content (AvgIpc) is 3.41. The van der Waals surface area contributed by atoms with Gasteiger partial charge in [-0.1, -0.05) is 46.9 Å². The molecule has 0 bridgehead atoms. The number of nitrogens with one attached hydrogen (secondary N) is 1.